The summed E-state index contributed by atoms with van der Waals surface area (Å²) in [6, 6.07) is 6.01. The van der Waals surface area contributed by atoms with E-state index in [2.05, 4.69) is 31.9 Å². The van der Waals surface area contributed by atoms with Crippen molar-refractivity contribution in [3.05, 3.63) is 22.7 Å². The van der Waals surface area contributed by atoms with Gasteiger partial charge in [0, 0.05) is 36.4 Å². The Kier molecular flexibility index (Phi) is 3.78. The number of rotatable bonds is 2. The zero-order valence-electron chi connectivity index (χ0n) is 9.78. The molecule has 1 amide bonds. The van der Waals surface area contributed by atoms with E-state index in [0.29, 0.717) is 6.42 Å². The van der Waals surface area contributed by atoms with E-state index in [4.69, 9.17) is 0 Å². The van der Waals surface area contributed by atoms with Crippen LogP contribution in [0.4, 0.5) is 11.4 Å². The van der Waals surface area contributed by atoms with E-state index in [9.17, 15) is 4.79 Å². The van der Waals surface area contributed by atoms with E-state index in [1.807, 2.05) is 42.1 Å². The van der Waals surface area contributed by atoms with Crippen LogP contribution in [0.25, 0.3) is 0 Å². The summed E-state index contributed by atoms with van der Waals surface area (Å²) in [5.41, 5.74) is 2.03. The van der Waals surface area contributed by atoms with E-state index < -0.39 is 0 Å². The largest absolute Gasteiger partial charge is 0.376 e. The van der Waals surface area contributed by atoms with Gasteiger partial charge in [0.05, 0.1) is 11.4 Å². The Labute approximate surface area is 118 Å². The monoisotopic (exact) mass is 360 g/mol. The van der Waals surface area contributed by atoms with Gasteiger partial charge in [-0.2, -0.15) is 0 Å². The zero-order valence-corrected chi connectivity index (χ0v) is 13.0. The highest BCUT2D eigenvalue weighted by molar-refractivity contribution is 9.10. The Balaban J connectivity index is 2.43. The molecule has 1 fully saturated rings. The summed E-state index contributed by atoms with van der Waals surface area (Å²) in [4.78, 5) is 16.1. The number of benzene rings is 1. The number of carbonyl (C=O) groups excluding carboxylic acids is 1. The second-order valence-corrected chi connectivity index (χ2v) is 6.54. The van der Waals surface area contributed by atoms with Crippen molar-refractivity contribution in [2.24, 2.45) is 0 Å². The fourth-order valence-corrected chi connectivity index (χ4v) is 2.90. The first-order valence-electron chi connectivity index (χ1n) is 5.40. The van der Waals surface area contributed by atoms with Gasteiger partial charge in [-0.1, -0.05) is 31.9 Å². The first-order valence-corrected chi connectivity index (χ1v) is 7.11. The fourth-order valence-electron chi connectivity index (χ4n) is 1.99. The van der Waals surface area contributed by atoms with Crippen molar-refractivity contribution < 1.29 is 4.79 Å². The van der Waals surface area contributed by atoms with Gasteiger partial charge in [-0.3, -0.25) is 4.79 Å². The van der Waals surface area contributed by atoms with Gasteiger partial charge in [-0.25, -0.2) is 0 Å². The van der Waals surface area contributed by atoms with Gasteiger partial charge < -0.3 is 9.80 Å². The molecule has 2 rings (SSSR count). The van der Waals surface area contributed by atoms with Crippen molar-refractivity contribution in [1.29, 1.82) is 0 Å². The van der Waals surface area contributed by atoms with E-state index >= 15 is 0 Å². The van der Waals surface area contributed by atoms with Gasteiger partial charge in [0.1, 0.15) is 0 Å². The molecule has 1 heterocycles. The third-order valence-electron chi connectivity index (χ3n) is 2.79. The van der Waals surface area contributed by atoms with Crippen molar-refractivity contribution in [3.63, 3.8) is 0 Å². The van der Waals surface area contributed by atoms with Crippen LogP contribution in [0.15, 0.2) is 22.7 Å². The molecule has 92 valence electrons. The van der Waals surface area contributed by atoms with Crippen LogP contribution in [-0.2, 0) is 4.79 Å². The number of hydrogen-bond donors (Lipinski definition) is 0. The average Bonchev–Trinajstić information content (AvgIpc) is 2.57. The van der Waals surface area contributed by atoms with E-state index in [0.717, 1.165) is 22.4 Å². The van der Waals surface area contributed by atoms with Gasteiger partial charge in [0.15, 0.2) is 0 Å². The number of nitrogens with zero attached hydrogens (tertiary/aromatic N) is 2. The molecule has 0 N–H and O–H groups in total. The normalized spacial score (nSPS) is 19.9. The minimum Gasteiger partial charge on any atom is -0.376 e. The Morgan fingerprint density at radius 1 is 1.41 bits per heavy atom. The summed E-state index contributed by atoms with van der Waals surface area (Å²) in [6.07, 6.45) is 0.569. The van der Waals surface area contributed by atoms with Crippen molar-refractivity contribution in [3.8, 4) is 0 Å². The van der Waals surface area contributed by atoms with Crippen molar-refractivity contribution in [1.82, 2.24) is 0 Å². The topological polar surface area (TPSA) is 23.6 Å². The second-order valence-electron chi connectivity index (χ2n) is 4.33. The Morgan fingerprint density at radius 2 is 2.12 bits per heavy atom. The summed E-state index contributed by atoms with van der Waals surface area (Å²) in [5, 5.41) is 0. The molecule has 1 atom stereocenters. The van der Waals surface area contributed by atoms with Crippen LogP contribution >= 0.6 is 31.9 Å². The molecule has 1 unspecified atom stereocenters. The highest BCUT2D eigenvalue weighted by atomic mass is 79.9. The van der Waals surface area contributed by atoms with Crippen molar-refractivity contribution >= 4 is 49.1 Å². The maximum Gasteiger partial charge on any atom is 0.228 e. The molecule has 5 heteroatoms. The maximum absolute atomic E-state index is 11.9. The van der Waals surface area contributed by atoms with Gasteiger partial charge >= 0.3 is 0 Å². The molecule has 1 saturated heterocycles. The minimum atomic E-state index is 0.174. The maximum atomic E-state index is 11.9. The number of hydrogen-bond acceptors (Lipinski definition) is 2. The van der Waals surface area contributed by atoms with Crippen LogP contribution in [0.1, 0.15) is 6.42 Å². The van der Waals surface area contributed by atoms with Crippen LogP contribution in [0.5, 0.6) is 0 Å². The molecule has 0 saturated carbocycles. The lowest BCUT2D eigenvalue weighted by Gasteiger charge is -2.24. The lowest BCUT2D eigenvalue weighted by molar-refractivity contribution is -0.117. The summed E-state index contributed by atoms with van der Waals surface area (Å²) >= 11 is 6.97. The molecule has 0 bridgehead atoms. The second kappa shape index (κ2) is 4.98. The molecule has 1 aromatic carbocycles. The highest BCUT2D eigenvalue weighted by Crippen LogP contribution is 2.35. The van der Waals surface area contributed by atoms with Gasteiger partial charge in [-0.05, 0) is 18.2 Å². The predicted octanol–water partition coefficient (Wildman–Crippen LogP) is 3.02. The Bertz CT molecular complexity index is 448. The van der Waals surface area contributed by atoms with Gasteiger partial charge in [0.2, 0.25) is 5.91 Å². The van der Waals surface area contributed by atoms with Crippen molar-refractivity contribution in [2.75, 3.05) is 30.4 Å². The molecule has 1 aliphatic rings. The smallest absolute Gasteiger partial charge is 0.228 e. The Hall–Kier alpha value is -0.550. The lowest BCUT2D eigenvalue weighted by atomic mass is 10.2. The highest BCUT2D eigenvalue weighted by Gasteiger charge is 2.30. The SMILES string of the molecule is CN(C)c1ccc(Br)cc1N1CC(Br)CC1=O. The van der Waals surface area contributed by atoms with Crippen molar-refractivity contribution in [2.45, 2.75) is 11.2 Å². The van der Waals surface area contributed by atoms with Crippen LogP contribution in [0.2, 0.25) is 0 Å². The number of halogens is 2. The molecular formula is C12H14Br2N2O. The third-order valence-corrected chi connectivity index (χ3v) is 3.89. The Morgan fingerprint density at radius 3 is 2.65 bits per heavy atom. The van der Waals surface area contributed by atoms with Crippen LogP contribution in [-0.4, -0.2) is 31.4 Å². The van der Waals surface area contributed by atoms with E-state index in [1.165, 1.54) is 0 Å². The van der Waals surface area contributed by atoms with Crippen LogP contribution in [0.3, 0.4) is 0 Å². The summed E-state index contributed by atoms with van der Waals surface area (Å²) < 4.78 is 0.990. The van der Waals surface area contributed by atoms with Gasteiger partial charge in [-0.15, -0.1) is 0 Å². The van der Waals surface area contributed by atoms with E-state index in [1.54, 1.807) is 0 Å². The predicted molar refractivity (Wildman–Crippen MR) is 78.2 cm³/mol. The number of amides is 1. The molecule has 3 nitrogen and oxygen atoms in total. The van der Waals surface area contributed by atoms with E-state index in [-0.39, 0.29) is 10.7 Å². The zero-order chi connectivity index (χ0) is 12.6. The fraction of sp³-hybridized carbons (Fsp3) is 0.417. The van der Waals surface area contributed by atoms with Gasteiger partial charge in [0.25, 0.3) is 0 Å². The molecule has 0 aromatic heterocycles. The quantitative estimate of drug-likeness (QED) is 0.756. The molecule has 0 spiro atoms. The standard InChI is InChI=1S/C12H14Br2N2O/c1-15(2)10-4-3-8(13)5-11(10)16-7-9(14)6-12(16)17/h3-5,9H,6-7H2,1-2H3. The molecule has 17 heavy (non-hydrogen) atoms. The minimum absolute atomic E-state index is 0.174. The molecular weight excluding hydrogens is 348 g/mol. The number of carbonyl (C=O) groups is 1. The summed E-state index contributed by atoms with van der Waals surface area (Å²) in [6.45, 7) is 0.732. The number of alkyl halides is 1. The molecule has 1 aromatic rings. The molecule has 1 aliphatic heterocycles. The van der Waals surface area contributed by atoms with Crippen LogP contribution < -0.4 is 9.80 Å². The first kappa shape index (κ1) is 12.9. The summed E-state index contributed by atoms with van der Waals surface area (Å²) in [5.74, 6) is 0.174. The molecule has 0 radical (unpaired) electrons. The first-order chi connectivity index (χ1) is 7.99. The summed E-state index contributed by atoms with van der Waals surface area (Å²) in [7, 11) is 3.97. The molecule has 0 aliphatic carbocycles. The lowest BCUT2D eigenvalue weighted by Crippen LogP contribution is -2.26. The van der Waals surface area contributed by atoms with Crippen LogP contribution in [0, 0.1) is 0 Å². The number of anilines is 2. The average molecular weight is 362 g/mol. The third kappa shape index (κ3) is 2.65.